The Hall–Kier alpha value is -1.28. The molecule has 0 atom stereocenters. The van der Waals surface area contributed by atoms with E-state index in [4.69, 9.17) is 11.6 Å². The van der Waals surface area contributed by atoms with E-state index in [1.54, 1.807) is 0 Å². The number of allylic oxidation sites excluding steroid dienone is 2. The number of fused-ring (bicyclic) bond motifs is 1. The lowest BCUT2D eigenvalue weighted by molar-refractivity contribution is 0.607. The molecular weight excluding hydrogens is 352 g/mol. The molecule has 0 aliphatic rings. The minimum Gasteiger partial charge on any atom is -0.342 e. The first-order valence-electron chi connectivity index (χ1n) is 11.1. The van der Waals surface area contributed by atoms with Gasteiger partial charge in [0, 0.05) is 11.4 Å². The van der Waals surface area contributed by atoms with E-state index in [1.165, 1.54) is 83.5 Å². The molecule has 0 aliphatic carbocycles. The van der Waals surface area contributed by atoms with Crippen LogP contribution in [0.25, 0.3) is 11.0 Å². The largest absolute Gasteiger partial charge is 0.342 e. The summed E-state index contributed by atoms with van der Waals surface area (Å²) in [6.45, 7) is 2.28. The second-order valence-corrected chi connectivity index (χ2v) is 8.12. The van der Waals surface area contributed by atoms with Crippen LogP contribution in [-0.4, -0.2) is 9.97 Å². The number of aromatic amines is 1. The first-order valence-corrected chi connectivity index (χ1v) is 11.5. The molecule has 0 aliphatic heterocycles. The van der Waals surface area contributed by atoms with E-state index in [1.807, 2.05) is 18.2 Å². The fraction of sp³-hybridized carbons (Fsp3) is 0.625. The van der Waals surface area contributed by atoms with Gasteiger partial charge < -0.3 is 4.98 Å². The van der Waals surface area contributed by atoms with E-state index < -0.39 is 0 Å². The molecule has 1 N–H and O–H groups in total. The Morgan fingerprint density at radius 3 is 2.19 bits per heavy atom. The van der Waals surface area contributed by atoms with Crippen LogP contribution in [0.4, 0.5) is 0 Å². The van der Waals surface area contributed by atoms with Gasteiger partial charge in [0.2, 0.25) is 0 Å². The van der Waals surface area contributed by atoms with Gasteiger partial charge in [-0.3, -0.25) is 0 Å². The number of benzene rings is 1. The van der Waals surface area contributed by atoms with Gasteiger partial charge in [-0.05, 0) is 50.3 Å². The Kier molecular flexibility index (Phi) is 11.3. The quantitative estimate of drug-likeness (QED) is 0.240. The van der Waals surface area contributed by atoms with Crippen molar-refractivity contribution in [3.63, 3.8) is 0 Å². The van der Waals surface area contributed by atoms with Crippen molar-refractivity contribution in [1.29, 1.82) is 0 Å². The molecule has 27 heavy (non-hydrogen) atoms. The van der Waals surface area contributed by atoms with Crippen molar-refractivity contribution in [2.45, 2.75) is 96.8 Å². The van der Waals surface area contributed by atoms with Gasteiger partial charge in [-0.25, -0.2) is 4.98 Å². The summed E-state index contributed by atoms with van der Waals surface area (Å²) in [6.07, 6.45) is 23.2. The maximum absolute atomic E-state index is 6.02. The average molecular weight is 389 g/mol. The predicted molar refractivity (Wildman–Crippen MR) is 120 cm³/mol. The van der Waals surface area contributed by atoms with Crippen LogP contribution in [0.1, 0.15) is 96.2 Å². The monoisotopic (exact) mass is 388 g/mol. The van der Waals surface area contributed by atoms with Crippen molar-refractivity contribution < 1.29 is 0 Å². The fourth-order valence-electron chi connectivity index (χ4n) is 3.52. The number of nitrogens with one attached hydrogen (secondary N) is 1. The molecule has 0 radical (unpaired) electrons. The molecule has 3 heteroatoms. The lowest BCUT2D eigenvalue weighted by Gasteiger charge is -2.00. The third kappa shape index (κ3) is 9.46. The van der Waals surface area contributed by atoms with E-state index in [9.17, 15) is 0 Å². The fourth-order valence-corrected chi connectivity index (χ4v) is 3.69. The van der Waals surface area contributed by atoms with Gasteiger partial charge in [0.25, 0.3) is 0 Å². The van der Waals surface area contributed by atoms with Gasteiger partial charge in [-0.15, -0.1) is 0 Å². The summed E-state index contributed by atoms with van der Waals surface area (Å²) in [5.74, 6) is 1.09. The Morgan fingerprint density at radius 2 is 1.48 bits per heavy atom. The summed E-state index contributed by atoms with van der Waals surface area (Å²) in [6, 6.07) is 5.83. The molecule has 0 spiro atoms. The lowest BCUT2D eigenvalue weighted by Crippen LogP contribution is -1.88. The molecule has 0 amide bonds. The van der Waals surface area contributed by atoms with Gasteiger partial charge in [0.15, 0.2) is 0 Å². The minimum atomic E-state index is 0.763. The Labute approximate surface area is 170 Å². The van der Waals surface area contributed by atoms with Crippen molar-refractivity contribution >= 4 is 22.6 Å². The van der Waals surface area contributed by atoms with Crippen LogP contribution in [0.5, 0.6) is 0 Å². The number of aromatic nitrogens is 2. The highest BCUT2D eigenvalue weighted by Gasteiger charge is 2.03. The number of aryl methyl sites for hydroxylation is 1. The van der Waals surface area contributed by atoms with Gasteiger partial charge in [-0.1, -0.05) is 82.0 Å². The van der Waals surface area contributed by atoms with Gasteiger partial charge >= 0.3 is 0 Å². The summed E-state index contributed by atoms with van der Waals surface area (Å²) in [7, 11) is 0. The van der Waals surface area contributed by atoms with Crippen LogP contribution in [0, 0.1) is 0 Å². The summed E-state index contributed by atoms with van der Waals surface area (Å²) in [4.78, 5) is 8.02. The minimum absolute atomic E-state index is 0.763. The second kappa shape index (κ2) is 13.8. The molecule has 1 aromatic carbocycles. The number of nitrogens with zero attached hydrogens (tertiary/aromatic N) is 1. The number of halogens is 1. The third-order valence-corrected chi connectivity index (χ3v) is 5.40. The van der Waals surface area contributed by atoms with Gasteiger partial charge in [0.1, 0.15) is 5.82 Å². The van der Waals surface area contributed by atoms with Crippen molar-refractivity contribution in [2.75, 3.05) is 0 Å². The van der Waals surface area contributed by atoms with E-state index in [0.717, 1.165) is 28.3 Å². The molecule has 0 saturated heterocycles. The molecule has 0 bridgehead atoms. The molecule has 0 saturated carbocycles. The van der Waals surface area contributed by atoms with E-state index in [-0.39, 0.29) is 0 Å². The predicted octanol–water partition coefficient (Wildman–Crippen LogP) is 8.41. The number of hydrogen-bond donors (Lipinski definition) is 1. The summed E-state index contributed by atoms with van der Waals surface area (Å²) < 4.78 is 0. The van der Waals surface area contributed by atoms with Crippen molar-refractivity contribution in [3.8, 4) is 0 Å². The van der Waals surface area contributed by atoms with E-state index >= 15 is 0 Å². The number of H-pyrrole nitrogens is 1. The van der Waals surface area contributed by atoms with Crippen LogP contribution in [0.15, 0.2) is 30.4 Å². The van der Waals surface area contributed by atoms with Crippen LogP contribution >= 0.6 is 11.6 Å². The first kappa shape index (κ1) is 22.0. The van der Waals surface area contributed by atoms with Crippen LogP contribution in [-0.2, 0) is 6.42 Å². The SMILES string of the molecule is CCCCCCCC/C=C/CCCCCCCc1nc2ccc(Cl)cc2[nH]1. The molecule has 0 fully saturated rings. The summed E-state index contributed by atoms with van der Waals surface area (Å²) in [5.41, 5.74) is 2.06. The van der Waals surface area contributed by atoms with E-state index in [0.29, 0.717) is 0 Å². The zero-order valence-corrected chi connectivity index (χ0v) is 17.9. The molecule has 0 unspecified atom stereocenters. The van der Waals surface area contributed by atoms with Crippen LogP contribution in [0.2, 0.25) is 5.02 Å². The third-order valence-electron chi connectivity index (χ3n) is 5.17. The smallest absolute Gasteiger partial charge is 0.107 e. The van der Waals surface area contributed by atoms with Crippen LogP contribution < -0.4 is 0 Å². The summed E-state index contributed by atoms with van der Waals surface area (Å²) in [5, 5.41) is 0.763. The van der Waals surface area contributed by atoms with Gasteiger partial charge in [0.05, 0.1) is 11.0 Å². The van der Waals surface area contributed by atoms with Crippen LogP contribution in [0.3, 0.4) is 0 Å². The van der Waals surface area contributed by atoms with Gasteiger partial charge in [-0.2, -0.15) is 0 Å². The highest BCUT2D eigenvalue weighted by Crippen LogP contribution is 2.18. The maximum Gasteiger partial charge on any atom is 0.107 e. The van der Waals surface area contributed by atoms with Crippen molar-refractivity contribution in [1.82, 2.24) is 9.97 Å². The molecule has 1 aromatic heterocycles. The number of hydrogen-bond acceptors (Lipinski definition) is 1. The molecular formula is C24H37ClN2. The Balaban J connectivity index is 1.41. The Morgan fingerprint density at radius 1 is 0.852 bits per heavy atom. The Bertz CT molecular complexity index is 659. The lowest BCUT2D eigenvalue weighted by atomic mass is 10.1. The highest BCUT2D eigenvalue weighted by atomic mass is 35.5. The molecule has 1 heterocycles. The zero-order chi connectivity index (χ0) is 19.2. The molecule has 150 valence electrons. The topological polar surface area (TPSA) is 28.7 Å². The maximum atomic E-state index is 6.02. The highest BCUT2D eigenvalue weighted by molar-refractivity contribution is 6.31. The zero-order valence-electron chi connectivity index (χ0n) is 17.1. The second-order valence-electron chi connectivity index (χ2n) is 7.68. The normalized spacial score (nSPS) is 11.8. The summed E-state index contributed by atoms with van der Waals surface area (Å²) >= 11 is 6.02. The average Bonchev–Trinajstić information content (AvgIpc) is 3.06. The first-order chi connectivity index (χ1) is 13.3. The van der Waals surface area contributed by atoms with Crippen molar-refractivity contribution in [2.24, 2.45) is 0 Å². The molecule has 2 nitrogen and oxygen atoms in total. The molecule has 2 rings (SSSR count). The number of rotatable bonds is 15. The number of imidazole rings is 1. The standard InChI is InChI=1S/C24H37ClN2/c1-2-3-4-5-6-7-8-9-10-11-12-13-14-15-16-17-24-26-22-19-18-21(25)20-23(22)27-24/h9-10,18-20H,2-8,11-17H2,1H3,(H,26,27)/b10-9+. The molecule has 2 aromatic rings. The van der Waals surface area contributed by atoms with Crippen molar-refractivity contribution in [3.05, 3.63) is 41.2 Å². The van der Waals surface area contributed by atoms with E-state index in [2.05, 4.69) is 29.0 Å². The number of unbranched alkanes of at least 4 members (excludes halogenated alkanes) is 11.